The maximum absolute atomic E-state index is 13.0. The van der Waals surface area contributed by atoms with Crippen LogP contribution in [0.1, 0.15) is 22.8 Å². The van der Waals surface area contributed by atoms with Gasteiger partial charge in [-0.1, -0.05) is 30.3 Å². The molecule has 0 aliphatic rings. The number of nitrogens with two attached hydrogens (primary N) is 1. The fourth-order valence-electron chi connectivity index (χ4n) is 3.24. The van der Waals surface area contributed by atoms with Crippen LogP contribution in [0.15, 0.2) is 58.1 Å². The SMILES string of the molecule is CCn1c(=O)[nH]c2cc(C(=O)N(CCN)CCc3ccccc3)ccc2c1=O.Cl. The van der Waals surface area contributed by atoms with Crippen LogP contribution in [0, 0.1) is 0 Å². The Hall–Kier alpha value is -2.90. The number of aromatic nitrogens is 2. The number of carbonyl (C=O) groups is 1. The summed E-state index contributed by atoms with van der Waals surface area (Å²) < 4.78 is 1.13. The second kappa shape index (κ2) is 10.0. The Bertz CT molecular complexity index is 1090. The molecule has 154 valence electrons. The van der Waals surface area contributed by atoms with Gasteiger partial charge in [-0.3, -0.25) is 14.2 Å². The number of rotatable bonds is 7. The van der Waals surface area contributed by atoms with Crippen molar-refractivity contribution < 1.29 is 4.79 Å². The molecule has 29 heavy (non-hydrogen) atoms. The second-order valence-electron chi connectivity index (χ2n) is 6.56. The number of carbonyl (C=O) groups excluding carboxylic acids is 1. The summed E-state index contributed by atoms with van der Waals surface area (Å²) in [6.07, 6.45) is 0.720. The molecule has 0 saturated carbocycles. The van der Waals surface area contributed by atoms with Crippen LogP contribution in [0.2, 0.25) is 0 Å². The molecule has 0 unspecified atom stereocenters. The predicted octanol–water partition coefficient (Wildman–Crippen LogP) is 1.78. The van der Waals surface area contributed by atoms with Gasteiger partial charge in [0, 0.05) is 31.7 Å². The van der Waals surface area contributed by atoms with E-state index in [1.807, 2.05) is 30.3 Å². The Morgan fingerprint density at radius 2 is 1.83 bits per heavy atom. The lowest BCUT2D eigenvalue weighted by Gasteiger charge is -2.22. The molecular weight excluding hydrogens is 392 g/mol. The van der Waals surface area contributed by atoms with Crippen LogP contribution in [0.25, 0.3) is 10.9 Å². The molecule has 8 heteroatoms. The van der Waals surface area contributed by atoms with Crippen molar-refractivity contribution in [1.29, 1.82) is 0 Å². The summed E-state index contributed by atoms with van der Waals surface area (Å²) in [6.45, 7) is 3.34. The first-order valence-electron chi connectivity index (χ1n) is 9.35. The van der Waals surface area contributed by atoms with Gasteiger partial charge in [0.15, 0.2) is 0 Å². The van der Waals surface area contributed by atoms with E-state index in [4.69, 9.17) is 5.73 Å². The number of fused-ring (bicyclic) bond motifs is 1. The highest BCUT2D eigenvalue weighted by molar-refractivity contribution is 5.97. The Morgan fingerprint density at radius 3 is 2.48 bits per heavy atom. The first kappa shape index (κ1) is 22.4. The number of hydrogen-bond donors (Lipinski definition) is 2. The first-order chi connectivity index (χ1) is 13.5. The van der Waals surface area contributed by atoms with E-state index < -0.39 is 5.69 Å². The topological polar surface area (TPSA) is 101 Å². The van der Waals surface area contributed by atoms with Crippen LogP contribution in [-0.2, 0) is 13.0 Å². The molecule has 3 aromatic rings. The zero-order chi connectivity index (χ0) is 20.1. The van der Waals surface area contributed by atoms with Gasteiger partial charge < -0.3 is 15.6 Å². The highest BCUT2D eigenvalue weighted by Gasteiger charge is 2.17. The van der Waals surface area contributed by atoms with Gasteiger partial charge in [-0.05, 0) is 37.1 Å². The summed E-state index contributed by atoms with van der Waals surface area (Å²) in [6, 6.07) is 14.7. The highest BCUT2D eigenvalue weighted by Crippen LogP contribution is 2.12. The van der Waals surface area contributed by atoms with Crippen LogP contribution in [0.4, 0.5) is 0 Å². The number of nitrogens with zero attached hydrogens (tertiary/aromatic N) is 2. The zero-order valence-corrected chi connectivity index (χ0v) is 17.1. The fourth-order valence-corrected chi connectivity index (χ4v) is 3.24. The lowest BCUT2D eigenvalue weighted by Crippen LogP contribution is -2.37. The van der Waals surface area contributed by atoms with Gasteiger partial charge in [-0.25, -0.2) is 4.79 Å². The van der Waals surface area contributed by atoms with Crippen LogP contribution in [-0.4, -0.2) is 40.0 Å². The van der Waals surface area contributed by atoms with Crippen molar-refractivity contribution in [2.75, 3.05) is 19.6 Å². The molecule has 0 fully saturated rings. The first-order valence-corrected chi connectivity index (χ1v) is 9.35. The molecule has 0 atom stereocenters. The molecule has 0 aliphatic heterocycles. The number of nitrogens with one attached hydrogen (secondary N) is 1. The summed E-state index contributed by atoms with van der Waals surface area (Å²) in [5.74, 6) is -0.177. The molecule has 1 heterocycles. The minimum absolute atomic E-state index is 0. The summed E-state index contributed by atoms with van der Waals surface area (Å²) >= 11 is 0. The van der Waals surface area contributed by atoms with Crippen molar-refractivity contribution in [3.05, 3.63) is 80.5 Å². The van der Waals surface area contributed by atoms with Gasteiger partial charge in [-0.15, -0.1) is 12.4 Å². The predicted molar refractivity (Wildman–Crippen MR) is 117 cm³/mol. The molecule has 7 nitrogen and oxygen atoms in total. The van der Waals surface area contributed by atoms with E-state index in [0.717, 1.165) is 16.6 Å². The number of halogens is 1. The van der Waals surface area contributed by atoms with Crippen LogP contribution in [0.5, 0.6) is 0 Å². The number of aromatic amines is 1. The molecule has 0 saturated heterocycles. The van der Waals surface area contributed by atoms with E-state index in [-0.39, 0.29) is 30.4 Å². The fraction of sp³-hybridized carbons (Fsp3) is 0.286. The molecule has 2 aromatic carbocycles. The van der Waals surface area contributed by atoms with Crippen LogP contribution in [0.3, 0.4) is 0 Å². The van der Waals surface area contributed by atoms with E-state index >= 15 is 0 Å². The average Bonchev–Trinajstić information content (AvgIpc) is 2.71. The molecule has 0 radical (unpaired) electrons. The van der Waals surface area contributed by atoms with E-state index in [0.29, 0.717) is 36.1 Å². The molecule has 3 rings (SSSR count). The van der Waals surface area contributed by atoms with Gasteiger partial charge in [0.2, 0.25) is 0 Å². The summed E-state index contributed by atoms with van der Waals surface area (Å²) in [7, 11) is 0. The standard InChI is InChI=1S/C21H24N4O3.ClH/c1-2-25-20(27)17-9-8-16(14-18(17)23-21(25)28)19(26)24(13-11-22)12-10-15-6-4-3-5-7-15;/h3-9,14H,2,10-13,22H2,1H3,(H,23,28);1H. The molecule has 1 amide bonds. The van der Waals surface area contributed by atoms with Crippen molar-refractivity contribution in [2.24, 2.45) is 5.73 Å². The van der Waals surface area contributed by atoms with Crippen molar-refractivity contribution in [3.63, 3.8) is 0 Å². The molecule has 0 bridgehead atoms. The average molecular weight is 417 g/mol. The Balaban J connectivity index is 0.00000300. The van der Waals surface area contributed by atoms with E-state index in [9.17, 15) is 14.4 Å². The van der Waals surface area contributed by atoms with E-state index in [2.05, 4.69) is 4.98 Å². The minimum atomic E-state index is -0.479. The summed E-state index contributed by atoms with van der Waals surface area (Å²) in [5, 5.41) is 0.382. The van der Waals surface area contributed by atoms with Crippen molar-refractivity contribution in [2.45, 2.75) is 19.9 Å². The van der Waals surface area contributed by atoms with Gasteiger partial charge in [0.1, 0.15) is 0 Å². The van der Waals surface area contributed by atoms with E-state index in [1.54, 1.807) is 30.0 Å². The smallest absolute Gasteiger partial charge is 0.328 e. The van der Waals surface area contributed by atoms with Gasteiger partial charge in [0.05, 0.1) is 10.9 Å². The number of benzene rings is 2. The van der Waals surface area contributed by atoms with Gasteiger partial charge >= 0.3 is 5.69 Å². The van der Waals surface area contributed by atoms with E-state index in [1.165, 1.54) is 0 Å². The van der Waals surface area contributed by atoms with Crippen LogP contribution >= 0.6 is 12.4 Å². The maximum atomic E-state index is 13.0. The second-order valence-corrected chi connectivity index (χ2v) is 6.56. The number of H-pyrrole nitrogens is 1. The third kappa shape index (κ3) is 4.93. The summed E-state index contributed by atoms with van der Waals surface area (Å²) in [4.78, 5) is 41.8. The molecule has 0 spiro atoms. The molecule has 1 aromatic heterocycles. The lowest BCUT2D eigenvalue weighted by molar-refractivity contribution is 0.0762. The van der Waals surface area contributed by atoms with Crippen molar-refractivity contribution in [3.8, 4) is 0 Å². The van der Waals surface area contributed by atoms with Crippen molar-refractivity contribution >= 4 is 29.2 Å². The van der Waals surface area contributed by atoms with Crippen LogP contribution < -0.4 is 17.0 Å². The maximum Gasteiger partial charge on any atom is 0.328 e. The third-order valence-electron chi connectivity index (χ3n) is 4.74. The number of hydrogen-bond acceptors (Lipinski definition) is 4. The van der Waals surface area contributed by atoms with Gasteiger partial charge in [-0.2, -0.15) is 0 Å². The van der Waals surface area contributed by atoms with Crippen molar-refractivity contribution in [1.82, 2.24) is 14.5 Å². The normalized spacial score (nSPS) is 10.6. The Labute approximate surface area is 174 Å². The molecule has 3 N–H and O–H groups in total. The monoisotopic (exact) mass is 416 g/mol. The molecule has 0 aliphatic carbocycles. The molecular formula is C21H25ClN4O3. The highest BCUT2D eigenvalue weighted by atomic mass is 35.5. The lowest BCUT2D eigenvalue weighted by atomic mass is 10.1. The van der Waals surface area contributed by atoms with Gasteiger partial charge in [0.25, 0.3) is 11.5 Å². The summed E-state index contributed by atoms with van der Waals surface area (Å²) in [5.41, 5.74) is 6.77. The zero-order valence-electron chi connectivity index (χ0n) is 16.3. The minimum Gasteiger partial charge on any atom is -0.337 e. The Morgan fingerprint density at radius 1 is 1.10 bits per heavy atom. The quantitative estimate of drug-likeness (QED) is 0.612. The Kier molecular flexibility index (Phi) is 7.75. The number of amides is 1. The largest absolute Gasteiger partial charge is 0.337 e. The third-order valence-corrected chi connectivity index (χ3v) is 4.74.